The van der Waals surface area contributed by atoms with Gasteiger partial charge in [0.2, 0.25) is 0 Å². The maximum absolute atomic E-state index is 10.3. The molecule has 2 heteroatoms. The molecular formula is C7H10O2. The number of hydrogen-bond acceptors (Lipinski definition) is 1. The highest BCUT2D eigenvalue weighted by molar-refractivity contribution is 5.71. The molecule has 1 atom stereocenters. The topological polar surface area (TPSA) is 37.3 Å². The minimum absolute atomic E-state index is 0.141. The molecule has 0 spiro atoms. The molecule has 0 bridgehead atoms. The summed E-state index contributed by atoms with van der Waals surface area (Å²) in [5.74, 6) is -0.814. The number of carbonyl (C=O) groups is 1. The van der Waals surface area contributed by atoms with E-state index in [9.17, 15) is 4.79 Å². The first-order chi connectivity index (χ1) is 4.20. The van der Waals surface area contributed by atoms with Crippen LogP contribution in [0.2, 0.25) is 0 Å². The lowest BCUT2D eigenvalue weighted by Gasteiger charge is -1.97. The van der Waals surface area contributed by atoms with Crippen LogP contribution in [0.5, 0.6) is 0 Å². The lowest BCUT2D eigenvalue weighted by Crippen LogP contribution is -2.08. The van der Waals surface area contributed by atoms with Gasteiger partial charge < -0.3 is 5.11 Å². The van der Waals surface area contributed by atoms with Crippen LogP contribution in [0.25, 0.3) is 0 Å². The predicted octanol–water partition coefficient (Wildman–Crippen LogP) is 1.43. The van der Waals surface area contributed by atoms with E-state index in [-0.39, 0.29) is 5.92 Å². The summed E-state index contributed by atoms with van der Waals surface area (Å²) in [7, 11) is 0. The van der Waals surface area contributed by atoms with E-state index in [0.717, 1.165) is 18.4 Å². The second-order valence-corrected chi connectivity index (χ2v) is 2.53. The van der Waals surface area contributed by atoms with Crippen LogP contribution in [-0.4, -0.2) is 11.1 Å². The largest absolute Gasteiger partial charge is 0.481 e. The molecule has 1 rings (SSSR count). The van der Waals surface area contributed by atoms with Crippen molar-refractivity contribution < 1.29 is 9.90 Å². The summed E-state index contributed by atoms with van der Waals surface area (Å²) in [6.45, 7) is 3.72. The van der Waals surface area contributed by atoms with Gasteiger partial charge in [-0.1, -0.05) is 12.2 Å². The van der Waals surface area contributed by atoms with Gasteiger partial charge in [0.05, 0.1) is 5.92 Å². The number of allylic oxidation sites excluding steroid dienone is 1. The third-order valence-electron chi connectivity index (χ3n) is 1.73. The van der Waals surface area contributed by atoms with Crippen LogP contribution in [0.3, 0.4) is 0 Å². The molecule has 9 heavy (non-hydrogen) atoms. The van der Waals surface area contributed by atoms with E-state index in [2.05, 4.69) is 6.58 Å². The molecule has 0 saturated heterocycles. The Labute approximate surface area is 54.2 Å². The minimum Gasteiger partial charge on any atom is -0.481 e. The van der Waals surface area contributed by atoms with Crippen molar-refractivity contribution in [2.75, 3.05) is 0 Å². The van der Waals surface area contributed by atoms with Gasteiger partial charge in [-0.2, -0.15) is 0 Å². The summed E-state index contributed by atoms with van der Waals surface area (Å²) in [5, 5.41) is 8.49. The molecule has 0 heterocycles. The van der Waals surface area contributed by atoms with Crippen molar-refractivity contribution in [3.8, 4) is 0 Å². The van der Waals surface area contributed by atoms with Crippen LogP contribution < -0.4 is 0 Å². The fraction of sp³-hybridized carbons (Fsp3) is 0.571. The average molecular weight is 126 g/mol. The van der Waals surface area contributed by atoms with Crippen LogP contribution in [0.15, 0.2) is 12.2 Å². The van der Waals surface area contributed by atoms with Crippen LogP contribution in [0, 0.1) is 5.92 Å². The molecule has 0 aromatic carbocycles. The summed E-state index contributed by atoms with van der Waals surface area (Å²) < 4.78 is 0. The number of carboxylic acids is 1. The van der Waals surface area contributed by atoms with Crippen molar-refractivity contribution in [1.82, 2.24) is 0 Å². The van der Waals surface area contributed by atoms with Crippen molar-refractivity contribution in [2.24, 2.45) is 5.92 Å². The molecule has 1 N–H and O–H groups in total. The normalized spacial score (nSPS) is 26.7. The first kappa shape index (κ1) is 6.33. The SMILES string of the molecule is C=C1CC[C@H](C(=O)O)C1. The van der Waals surface area contributed by atoms with Crippen LogP contribution >= 0.6 is 0 Å². The number of aliphatic carboxylic acids is 1. The highest BCUT2D eigenvalue weighted by atomic mass is 16.4. The Hall–Kier alpha value is -0.790. The van der Waals surface area contributed by atoms with Crippen molar-refractivity contribution >= 4 is 5.97 Å². The Morgan fingerprint density at radius 3 is 2.67 bits per heavy atom. The summed E-state index contributed by atoms with van der Waals surface area (Å²) in [5.41, 5.74) is 1.09. The van der Waals surface area contributed by atoms with Crippen molar-refractivity contribution in [3.05, 3.63) is 12.2 Å². The molecule has 0 unspecified atom stereocenters. The maximum atomic E-state index is 10.3. The second-order valence-electron chi connectivity index (χ2n) is 2.53. The van der Waals surface area contributed by atoms with Crippen molar-refractivity contribution in [2.45, 2.75) is 19.3 Å². The zero-order valence-corrected chi connectivity index (χ0v) is 5.26. The van der Waals surface area contributed by atoms with Crippen molar-refractivity contribution in [1.29, 1.82) is 0 Å². The van der Waals surface area contributed by atoms with Gasteiger partial charge in [0.25, 0.3) is 0 Å². The first-order valence-corrected chi connectivity index (χ1v) is 3.09. The monoisotopic (exact) mass is 126 g/mol. The van der Waals surface area contributed by atoms with Gasteiger partial charge in [-0.25, -0.2) is 0 Å². The Morgan fingerprint density at radius 1 is 1.78 bits per heavy atom. The molecule has 50 valence electrons. The average Bonchev–Trinajstić information content (AvgIpc) is 2.14. The molecular weight excluding hydrogens is 116 g/mol. The Bertz CT molecular complexity index is 149. The van der Waals surface area contributed by atoms with Crippen LogP contribution in [0.1, 0.15) is 19.3 Å². The summed E-state index contributed by atoms with van der Waals surface area (Å²) in [4.78, 5) is 10.3. The van der Waals surface area contributed by atoms with Crippen LogP contribution in [-0.2, 0) is 4.79 Å². The standard InChI is InChI=1S/C7H10O2/c1-5-2-3-6(4-5)7(8)9/h6H,1-4H2,(H,8,9)/t6-/m0/s1. The predicted molar refractivity (Wildman–Crippen MR) is 34.1 cm³/mol. The lowest BCUT2D eigenvalue weighted by atomic mass is 10.1. The number of rotatable bonds is 1. The smallest absolute Gasteiger partial charge is 0.306 e. The highest BCUT2D eigenvalue weighted by Crippen LogP contribution is 2.28. The molecule has 0 amide bonds. The Morgan fingerprint density at radius 2 is 2.44 bits per heavy atom. The van der Waals surface area contributed by atoms with Gasteiger partial charge in [-0.05, 0) is 19.3 Å². The molecule has 1 aliphatic rings. The quantitative estimate of drug-likeness (QED) is 0.539. The van der Waals surface area contributed by atoms with E-state index in [1.54, 1.807) is 0 Å². The minimum atomic E-state index is -0.673. The van der Waals surface area contributed by atoms with Gasteiger partial charge in [0.1, 0.15) is 0 Å². The van der Waals surface area contributed by atoms with Crippen molar-refractivity contribution in [3.63, 3.8) is 0 Å². The number of hydrogen-bond donors (Lipinski definition) is 1. The molecule has 0 aromatic rings. The molecule has 1 aliphatic carbocycles. The lowest BCUT2D eigenvalue weighted by molar-refractivity contribution is -0.141. The van der Waals surface area contributed by atoms with Gasteiger partial charge >= 0.3 is 5.97 Å². The molecule has 2 nitrogen and oxygen atoms in total. The van der Waals surface area contributed by atoms with Gasteiger partial charge in [0, 0.05) is 0 Å². The van der Waals surface area contributed by atoms with E-state index in [0.29, 0.717) is 6.42 Å². The van der Waals surface area contributed by atoms with E-state index in [1.807, 2.05) is 0 Å². The fourth-order valence-electron chi connectivity index (χ4n) is 1.14. The molecule has 1 saturated carbocycles. The second kappa shape index (κ2) is 2.21. The van der Waals surface area contributed by atoms with E-state index >= 15 is 0 Å². The summed E-state index contributed by atoms with van der Waals surface area (Å²) >= 11 is 0. The third kappa shape index (κ3) is 1.31. The molecule has 1 fully saturated rings. The van der Waals surface area contributed by atoms with Gasteiger partial charge in [-0.15, -0.1) is 0 Å². The van der Waals surface area contributed by atoms with Gasteiger partial charge in [0.15, 0.2) is 0 Å². The zero-order chi connectivity index (χ0) is 6.85. The Balaban J connectivity index is 2.48. The van der Waals surface area contributed by atoms with E-state index in [1.165, 1.54) is 0 Å². The van der Waals surface area contributed by atoms with E-state index in [4.69, 9.17) is 5.11 Å². The fourth-order valence-corrected chi connectivity index (χ4v) is 1.14. The highest BCUT2D eigenvalue weighted by Gasteiger charge is 2.23. The maximum Gasteiger partial charge on any atom is 0.306 e. The number of carboxylic acid groups (broad SMARTS) is 1. The molecule has 0 aliphatic heterocycles. The van der Waals surface area contributed by atoms with E-state index < -0.39 is 5.97 Å². The first-order valence-electron chi connectivity index (χ1n) is 3.09. The summed E-state index contributed by atoms with van der Waals surface area (Å²) in [6.07, 6.45) is 2.38. The Kier molecular flexibility index (Phi) is 1.56. The zero-order valence-electron chi connectivity index (χ0n) is 5.26. The molecule has 0 aromatic heterocycles. The van der Waals surface area contributed by atoms with Gasteiger partial charge in [-0.3, -0.25) is 4.79 Å². The molecule has 0 radical (unpaired) electrons. The summed E-state index contributed by atoms with van der Waals surface area (Å²) in [6, 6.07) is 0. The van der Waals surface area contributed by atoms with Crippen LogP contribution in [0.4, 0.5) is 0 Å². The third-order valence-corrected chi connectivity index (χ3v) is 1.73.